The van der Waals surface area contributed by atoms with Crippen molar-refractivity contribution < 1.29 is 19.4 Å². The molecule has 0 aliphatic heterocycles. The Morgan fingerprint density at radius 2 is 1.83 bits per heavy atom. The number of aliphatic carboxylic acids is 1. The quantitative estimate of drug-likeness (QED) is 0.888. The fraction of sp³-hybridized carbons (Fsp3) is 0.556. The predicted octanol–water partition coefficient (Wildman–Crippen LogP) is 3.65. The van der Waals surface area contributed by atoms with Crippen molar-refractivity contribution >= 4 is 12.1 Å². The third-order valence-electron chi connectivity index (χ3n) is 4.07. The van der Waals surface area contributed by atoms with Crippen molar-refractivity contribution in [2.45, 2.75) is 64.0 Å². The van der Waals surface area contributed by atoms with Crippen molar-refractivity contribution in [1.29, 1.82) is 0 Å². The summed E-state index contributed by atoms with van der Waals surface area (Å²) >= 11 is 0. The van der Waals surface area contributed by atoms with E-state index in [4.69, 9.17) is 4.74 Å². The van der Waals surface area contributed by atoms with Crippen LogP contribution in [0.3, 0.4) is 0 Å². The summed E-state index contributed by atoms with van der Waals surface area (Å²) in [5.74, 6) is -0.831. The van der Waals surface area contributed by atoms with E-state index in [0.717, 1.165) is 5.56 Å². The van der Waals surface area contributed by atoms with E-state index in [0.29, 0.717) is 12.3 Å². The van der Waals surface area contributed by atoms with E-state index in [2.05, 4.69) is 19.2 Å². The predicted molar refractivity (Wildman–Crippen MR) is 87.6 cm³/mol. The molecule has 2 unspecified atom stereocenters. The molecular weight excluding hydrogens is 294 g/mol. The van der Waals surface area contributed by atoms with E-state index < -0.39 is 23.2 Å². The number of hydrogen-bond donors (Lipinski definition) is 2. The molecule has 1 aromatic rings. The summed E-state index contributed by atoms with van der Waals surface area (Å²) in [6, 6.07) is 7.92. The minimum absolute atomic E-state index is 0.228. The highest BCUT2D eigenvalue weighted by Gasteiger charge is 2.62. The Bertz CT molecular complexity index is 600. The number of carbonyl (C=O) groups excluding carboxylic acids is 1. The van der Waals surface area contributed by atoms with E-state index in [1.165, 1.54) is 5.56 Å². The maximum atomic E-state index is 11.9. The number of carbonyl (C=O) groups is 2. The lowest BCUT2D eigenvalue weighted by Crippen LogP contribution is -2.46. The van der Waals surface area contributed by atoms with Crippen LogP contribution in [0.5, 0.6) is 0 Å². The number of amides is 1. The molecule has 1 aliphatic rings. The van der Waals surface area contributed by atoms with Crippen molar-refractivity contribution in [2.75, 3.05) is 0 Å². The van der Waals surface area contributed by atoms with Crippen LogP contribution < -0.4 is 5.32 Å². The van der Waals surface area contributed by atoms with E-state index in [9.17, 15) is 14.7 Å². The van der Waals surface area contributed by atoms with Crippen LogP contribution in [0.15, 0.2) is 24.3 Å². The number of hydrogen-bond acceptors (Lipinski definition) is 3. The third-order valence-corrected chi connectivity index (χ3v) is 4.07. The lowest BCUT2D eigenvalue weighted by atomic mass is 9.99. The number of carboxylic acids is 1. The van der Waals surface area contributed by atoms with Crippen molar-refractivity contribution in [1.82, 2.24) is 5.32 Å². The first kappa shape index (κ1) is 17.3. The average Bonchev–Trinajstić information content (AvgIpc) is 3.12. The van der Waals surface area contributed by atoms with Gasteiger partial charge in [-0.2, -0.15) is 0 Å². The standard InChI is InChI=1S/C18H25NO4/c1-11(2)12-6-8-13(9-7-12)14-10-18(14,15(20)21)19-16(22)23-17(3,4)5/h6-9,11,14H,10H2,1-5H3,(H,19,22)(H,20,21). The summed E-state index contributed by atoms with van der Waals surface area (Å²) < 4.78 is 5.19. The molecule has 0 aromatic heterocycles. The van der Waals surface area contributed by atoms with Gasteiger partial charge in [0.2, 0.25) is 0 Å². The number of ether oxygens (including phenoxy) is 1. The highest BCUT2D eigenvalue weighted by Crippen LogP contribution is 2.52. The maximum absolute atomic E-state index is 11.9. The zero-order valence-electron chi connectivity index (χ0n) is 14.3. The molecular formula is C18H25NO4. The first-order chi connectivity index (χ1) is 10.5. The van der Waals surface area contributed by atoms with Crippen molar-refractivity contribution in [3.05, 3.63) is 35.4 Å². The van der Waals surface area contributed by atoms with Crippen molar-refractivity contribution in [3.8, 4) is 0 Å². The summed E-state index contributed by atoms with van der Waals surface area (Å²) in [6.07, 6.45) is -0.316. The fourth-order valence-corrected chi connectivity index (χ4v) is 2.69. The van der Waals surface area contributed by atoms with Gasteiger partial charge in [-0.25, -0.2) is 9.59 Å². The molecule has 2 atom stereocenters. The van der Waals surface area contributed by atoms with Gasteiger partial charge in [0.25, 0.3) is 0 Å². The molecule has 0 radical (unpaired) electrons. The Morgan fingerprint density at radius 1 is 1.26 bits per heavy atom. The molecule has 0 spiro atoms. The Hall–Kier alpha value is -2.04. The molecule has 1 saturated carbocycles. The SMILES string of the molecule is CC(C)c1ccc(C2CC2(NC(=O)OC(C)(C)C)C(=O)O)cc1. The Balaban J connectivity index is 2.13. The lowest BCUT2D eigenvalue weighted by Gasteiger charge is -2.22. The Morgan fingerprint density at radius 3 is 2.26 bits per heavy atom. The lowest BCUT2D eigenvalue weighted by molar-refractivity contribution is -0.140. The molecule has 2 N–H and O–H groups in total. The summed E-state index contributed by atoms with van der Waals surface area (Å²) in [5.41, 5.74) is 0.206. The Kier molecular flexibility index (Phi) is 4.42. The third kappa shape index (κ3) is 3.84. The highest BCUT2D eigenvalue weighted by atomic mass is 16.6. The van der Waals surface area contributed by atoms with Crippen LogP contribution in [-0.4, -0.2) is 28.3 Å². The summed E-state index contributed by atoms with van der Waals surface area (Å²) in [4.78, 5) is 23.6. The second-order valence-electron chi connectivity index (χ2n) is 7.48. The smallest absolute Gasteiger partial charge is 0.408 e. The summed E-state index contributed by atoms with van der Waals surface area (Å²) in [5, 5.41) is 12.1. The van der Waals surface area contributed by atoms with Crippen LogP contribution in [0.2, 0.25) is 0 Å². The second-order valence-corrected chi connectivity index (χ2v) is 7.48. The van der Waals surface area contributed by atoms with Gasteiger partial charge in [0.05, 0.1) is 0 Å². The van der Waals surface area contributed by atoms with Crippen molar-refractivity contribution in [2.24, 2.45) is 0 Å². The van der Waals surface area contributed by atoms with Crippen LogP contribution in [0, 0.1) is 0 Å². The zero-order chi connectivity index (χ0) is 17.4. The fourth-order valence-electron chi connectivity index (χ4n) is 2.69. The molecule has 2 rings (SSSR count). The van der Waals surface area contributed by atoms with Gasteiger partial charge >= 0.3 is 12.1 Å². The van der Waals surface area contributed by atoms with Crippen LogP contribution in [0.1, 0.15) is 64.0 Å². The van der Waals surface area contributed by atoms with Gasteiger partial charge in [-0.3, -0.25) is 0 Å². The molecule has 0 bridgehead atoms. The minimum atomic E-state index is -1.26. The number of rotatable bonds is 4. The largest absolute Gasteiger partial charge is 0.479 e. The van der Waals surface area contributed by atoms with Gasteiger partial charge in [-0.05, 0) is 44.2 Å². The van der Waals surface area contributed by atoms with Crippen LogP contribution in [-0.2, 0) is 9.53 Å². The van der Waals surface area contributed by atoms with Gasteiger partial charge in [0.1, 0.15) is 11.1 Å². The molecule has 5 heteroatoms. The number of nitrogens with one attached hydrogen (secondary N) is 1. The molecule has 1 fully saturated rings. The topological polar surface area (TPSA) is 75.6 Å². The molecule has 1 aliphatic carbocycles. The van der Waals surface area contributed by atoms with E-state index in [1.54, 1.807) is 20.8 Å². The molecule has 126 valence electrons. The van der Waals surface area contributed by atoms with Crippen LogP contribution in [0.25, 0.3) is 0 Å². The molecule has 0 saturated heterocycles. The van der Waals surface area contributed by atoms with E-state index >= 15 is 0 Å². The van der Waals surface area contributed by atoms with Crippen LogP contribution >= 0.6 is 0 Å². The normalized spacial score (nSPS) is 23.5. The number of carboxylic acid groups (broad SMARTS) is 1. The maximum Gasteiger partial charge on any atom is 0.408 e. The van der Waals surface area contributed by atoms with Crippen LogP contribution in [0.4, 0.5) is 4.79 Å². The van der Waals surface area contributed by atoms with Gasteiger partial charge in [0.15, 0.2) is 0 Å². The molecule has 0 heterocycles. The van der Waals surface area contributed by atoms with Crippen molar-refractivity contribution in [3.63, 3.8) is 0 Å². The van der Waals surface area contributed by atoms with E-state index in [-0.39, 0.29) is 5.92 Å². The number of benzene rings is 1. The molecule has 23 heavy (non-hydrogen) atoms. The minimum Gasteiger partial charge on any atom is -0.479 e. The second kappa shape index (κ2) is 5.87. The summed E-state index contributed by atoms with van der Waals surface area (Å²) in [7, 11) is 0. The van der Waals surface area contributed by atoms with Gasteiger partial charge in [-0.1, -0.05) is 38.1 Å². The van der Waals surface area contributed by atoms with E-state index in [1.807, 2.05) is 24.3 Å². The van der Waals surface area contributed by atoms with Gasteiger partial charge in [0, 0.05) is 5.92 Å². The monoisotopic (exact) mass is 319 g/mol. The molecule has 1 amide bonds. The van der Waals surface area contributed by atoms with Gasteiger partial charge in [-0.15, -0.1) is 0 Å². The molecule has 5 nitrogen and oxygen atoms in total. The first-order valence-corrected chi connectivity index (χ1v) is 7.89. The summed E-state index contributed by atoms with van der Waals surface area (Å²) in [6.45, 7) is 9.45. The highest BCUT2D eigenvalue weighted by molar-refractivity contribution is 5.90. The zero-order valence-corrected chi connectivity index (χ0v) is 14.3. The number of alkyl carbamates (subject to hydrolysis) is 1. The first-order valence-electron chi connectivity index (χ1n) is 7.89. The molecule has 1 aromatic carbocycles. The van der Waals surface area contributed by atoms with Gasteiger partial charge < -0.3 is 15.2 Å². The Labute approximate surface area is 137 Å². The average molecular weight is 319 g/mol.